The van der Waals surface area contributed by atoms with Crippen molar-refractivity contribution in [1.82, 2.24) is 0 Å². The standard InChI is InChI=1S/C23HF6N5OS/c1-33-6-8-16(24)14-12-13(20(28)11(19(12)27)9(5-32)34-2)15-18(26)10(7(3-30)4-31)21(29)23(15)36(35)22(14)17(8)25/h6H/b8-6-,11-9+. The normalized spacial score (nSPS) is 23.2. The Morgan fingerprint density at radius 2 is 1.22 bits per heavy atom. The molecule has 1 aliphatic heterocycles. The van der Waals surface area contributed by atoms with E-state index in [1.807, 2.05) is 0 Å². The Morgan fingerprint density at radius 1 is 0.722 bits per heavy atom. The van der Waals surface area contributed by atoms with E-state index in [2.05, 4.69) is 9.69 Å². The number of halogens is 6. The topological polar surface area (TPSA) is 97.2 Å². The molecule has 4 aliphatic rings. The zero-order valence-corrected chi connectivity index (χ0v) is 17.7. The van der Waals surface area contributed by atoms with Crippen LogP contribution in [0.15, 0.2) is 101 Å². The second-order valence-corrected chi connectivity index (χ2v) is 8.26. The van der Waals surface area contributed by atoms with Crippen molar-refractivity contribution in [2.24, 2.45) is 0 Å². The van der Waals surface area contributed by atoms with Crippen molar-refractivity contribution >= 4 is 10.8 Å². The predicted octanol–water partition coefficient (Wildman–Crippen LogP) is 5.89. The summed E-state index contributed by atoms with van der Waals surface area (Å²) in [4.78, 5) is 2.74. The van der Waals surface area contributed by atoms with Gasteiger partial charge in [-0.1, -0.05) is 0 Å². The molecule has 0 amide bonds. The molecule has 172 valence electrons. The summed E-state index contributed by atoms with van der Waals surface area (Å²) in [5.74, 6) is -10.8. The van der Waals surface area contributed by atoms with Gasteiger partial charge in [0, 0.05) is 27.9 Å². The van der Waals surface area contributed by atoms with Gasteiger partial charge in [0.05, 0.1) is 51.0 Å². The molecule has 1 saturated heterocycles. The van der Waals surface area contributed by atoms with E-state index in [9.17, 15) is 4.21 Å². The minimum Gasteiger partial charge on any atom is -0.249 e. The lowest BCUT2D eigenvalue weighted by molar-refractivity contribution is 0.607. The van der Waals surface area contributed by atoms with Crippen molar-refractivity contribution in [2.75, 3.05) is 0 Å². The Bertz CT molecular complexity index is 1760. The van der Waals surface area contributed by atoms with Crippen LogP contribution in [0.2, 0.25) is 0 Å². The van der Waals surface area contributed by atoms with E-state index in [1.165, 1.54) is 18.2 Å². The fraction of sp³-hybridized carbons (Fsp3) is 0. The lowest BCUT2D eigenvalue weighted by Gasteiger charge is -2.08. The smallest absolute Gasteiger partial charge is 0.249 e. The van der Waals surface area contributed by atoms with Gasteiger partial charge in [-0.25, -0.2) is 45.5 Å². The summed E-state index contributed by atoms with van der Waals surface area (Å²) in [6.45, 7) is 13.8. The molecular formula is C23HF6N5OS. The summed E-state index contributed by atoms with van der Waals surface area (Å²) in [5.41, 5.74) is -11.4. The summed E-state index contributed by atoms with van der Waals surface area (Å²) in [5, 5.41) is 27.3. The van der Waals surface area contributed by atoms with Crippen LogP contribution in [0.3, 0.4) is 0 Å². The van der Waals surface area contributed by atoms with Crippen LogP contribution in [-0.2, 0) is 10.8 Å². The van der Waals surface area contributed by atoms with Gasteiger partial charge in [0.25, 0.3) is 5.70 Å². The molecular weight excluding hydrogens is 508 g/mol. The highest BCUT2D eigenvalue weighted by atomic mass is 32.2. The van der Waals surface area contributed by atoms with Crippen LogP contribution in [0.25, 0.3) is 9.69 Å². The van der Waals surface area contributed by atoms with Gasteiger partial charge < -0.3 is 0 Å². The van der Waals surface area contributed by atoms with Crippen LogP contribution in [0, 0.1) is 47.1 Å². The molecule has 3 aliphatic carbocycles. The highest BCUT2D eigenvalue weighted by Crippen LogP contribution is 2.61. The Balaban J connectivity index is 2.35. The Kier molecular flexibility index (Phi) is 5.50. The van der Waals surface area contributed by atoms with Crippen LogP contribution < -0.4 is 0 Å². The van der Waals surface area contributed by atoms with E-state index in [1.54, 1.807) is 0 Å². The van der Waals surface area contributed by atoms with Gasteiger partial charge in [0.15, 0.2) is 12.0 Å². The first-order valence-electron chi connectivity index (χ1n) is 9.10. The van der Waals surface area contributed by atoms with E-state index in [-0.39, 0.29) is 0 Å². The first kappa shape index (κ1) is 24.0. The Labute approximate surface area is 199 Å². The maximum absolute atomic E-state index is 15.6. The summed E-state index contributed by atoms with van der Waals surface area (Å²) in [6.07, 6.45) is 0.297. The molecule has 1 atom stereocenters. The van der Waals surface area contributed by atoms with Gasteiger partial charge in [0.2, 0.25) is 0 Å². The highest BCUT2D eigenvalue weighted by Gasteiger charge is 2.52. The summed E-state index contributed by atoms with van der Waals surface area (Å²) < 4.78 is 106. The first-order valence-corrected chi connectivity index (χ1v) is 10.2. The molecule has 0 saturated carbocycles. The second kappa shape index (κ2) is 8.25. The molecule has 1 heterocycles. The molecule has 0 N–H and O–H groups in total. The van der Waals surface area contributed by atoms with Crippen molar-refractivity contribution < 1.29 is 30.6 Å². The second-order valence-electron chi connectivity index (χ2n) is 6.90. The number of hydrogen-bond donors (Lipinski definition) is 0. The molecule has 0 aromatic rings. The maximum Gasteiger partial charge on any atom is 0.274 e. The lowest BCUT2D eigenvalue weighted by Crippen LogP contribution is -2.01. The van der Waals surface area contributed by atoms with Gasteiger partial charge in [-0.3, -0.25) is 0 Å². The van der Waals surface area contributed by atoms with Crippen molar-refractivity contribution in [3.8, 4) is 18.2 Å². The quantitative estimate of drug-likeness (QED) is 0.231. The molecule has 4 rings (SSSR count). The summed E-state index contributed by atoms with van der Waals surface area (Å²) >= 11 is 0. The number of allylic oxidation sites excluding steroid dienone is 15. The number of nitriles is 3. The summed E-state index contributed by atoms with van der Waals surface area (Å²) in [7, 11) is -3.23. The predicted molar refractivity (Wildman–Crippen MR) is 109 cm³/mol. The lowest BCUT2D eigenvalue weighted by atomic mass is 9.94. The molecule has 0 radical (unpaired) electrons. The van der Waals surface area contributed by atoms with Gasteiger partial charge in [-0.15, -0.1) is 0 Å². The fourth-order valence-corrected chi connectivity index (χ4v) is 5.41. The molecule has 6 nitrogen and oxygen atoms in total. The summed E-state index contributed by atoms with van der Waals surface area (Å²) in [6, 6.07) is 3.58. The van der Waals surface area contributed by atoms with Gasteiger partial charge >= 0.3 is 0 Å². The average Bonchev–Trinajstić information content (AvgIpc) is 3.31. The van der Waals surface area contributed by atoms with Gasteiger partial charge in [-0.05, 0) is 0 Å². The number of rotatable bonds is 0. The van der Waals surface area contributed by atoms with Crippen molar-refractivity contribution in [2.45, 2.75) is 0 Å². The van der Waals surface area contributed by atoms with Crippen molar-refractivity contribution in [3.05, 3.63) is 124 Å². The number of nitrogens with zero attached hydrogens (tertiary/aromatic N) is 5. The molecule has 0 bridgehead atoms. The third kappa shape index (κ3) is 2.77. The van der Waals surface area contributed by atoms with Crippen LogP contribution >= 0.6 is 0 Å². The van der Waals surface area contributed by atoms with E-state index >= 15 is 26.3 Å². The van der Waals surface area contributed by atoms with Gasteiger partial charge in [0.1, 0.15) is 46.8 Å². The molecule has 1 fully saturated rings. The number of fused-ring (bicyclic) bond motifs is 5. The van der Waals surface area contributed by atoms with Crippen LogP contribution in [0.4, 0.5) is 26.3 Å². The zero-order chi connectivity index (χ0) is 26.6. The third-order valence-electron chi connectivity index (χ3n) is 5.32. The highest BCUT2D eigenvalue weighted by molar-refractivity contribution is 7.93. The minimum absolute atomic E-state index is 0.297. The van der Waals surface area contributed by atoms with Crippen LogP contribution in [-0.4, -0.2) is 4.21 Å². The van der Waals surface area contributed by atoms with Crippen LogP contribution in [0.5, 0.6) is 0 Å². The van der Waals surface area contributed by atoms with Crippen molar-refractivity contribution in [1.29, 1.82) is 15.8 Å². The van der Waals surface area contributed by atoms with E-state index in [4.69, 9.17) is 28.9 Å². The largest absolute Gasteiger partial charge is 0.274 e. The first-order chi connectivity index (χ1) is 17.1. The molecule has 0 aromatic heterocycles. The Morgan fingerprint density at radius 3 is 1.69 bits per heavy atom. The zero-order valence-electron chi connectivity index (χ0n) is 16.9. The van der Waals surface area contributed by atoms with Gasteiger partial charge in [-0.2, -0.15) is 10.5 Å². The molecule has 1 unspecified atom stereocenters. The maximum atomic E-state index is 15.6. The fourth-order valence-electron chi connectivity index (χ4n) is 3.92. The molecule has 0 spiro atoms. The monoisotopic (exact) mass is 509 g/mol. The minimum atomic E-state index is -3.23. The molecule has 0 aromatic carbocycles. The third-order valence-corrected chi connectivity index (χ3v) is 6.83. The van der Waals surface area contributed by atoms with E-state index in [0.29, 0.717) is 6.20 Å². The van der Waals surface area contributed by atoms with Crippen molar-refractivity contribution in [3.63, 3.8) is 0 Å². The SMILES string of the molecule is [C-]#[N+]/C=C1/C(F)=C2C3=C(F)/C(=C(/C#N)[N+]#[C-])C(F)=C3C3=C(F)C(=C(C#N)C#N)C(F)=C3S(=O)C2=C1F. The number of hydrogen-bond acceptors (Lipinski definition) is 4. The average molecular weight is 509 g/mol. The molecule has 13 heteroatoms. The van der Waals surface area contributed by atoms with Crippen LogP contribution in [0.1, 0.15) is 0 Å². The van der Waals surface area contributed by atoms with E-state index < -0.39 is 106 Å². The van der Waals surface area contributed by atoms with E-state index in [0.717, 1.165) is 0 Å². The molecule has 36 heavy (non-hydrogen) atoms. The Hall–Kier alpha value is -5.16.